The van der Waals surface area contributed by atoms with E-state index in [0.717, 1.165) is 4.47 Å². The van der Waals surface area contributed by atoms with Gasteiger partial charge in [-0.05, 0) is 48.4 Å². The highest BCUT2D eigenvalue weighted by Gasteiger charge is 2.28. The first-order valence-corrected chi connectivity index (χ1v) is 11.3. The lowest BCUT2D eigenvalue weighted by atomic mass is 10.2. The monoisotopic (exact) mass is 481 g/mol. The Labute approximate surface area is 175 Å². The van der Waals surface area contributed by atoms with Gasteiger partial charge in [0.15, 0.2) is 5.17 Å². The molecule has 0 bridgehead atoms. The van der Waals surface area contributed by atoms with Crippen LogP contribution in [0.5, 0.6) is 5.75 Å². The molecule has 1 amide bonds. The lowest BCUT2D eigenvalue weighted by Gasteiger charge is -2.07. The van der Waals surface area contributed by atoms with Crippen LogP contribution in [0.2, 0.25) is 0 Å². The molecule has 0 saturated carbocycles. The number of amides is 1. The van der Waals surface area contributed by atoms with E-state index in [1.54, 1.807) is 30.3 Å². The Morgan fingerprint density at radius 2 is 2.00 bits per heavy atom. The number of amidine groups is 1. The molecule has 1 aliphatic heterocycles. The van der Waals surface area contributed by atoms with Crippen molar-refractivity contribution in [3.8, 4) is 5.75 Å². The molecule has 10 heteroatoms. The summed E-state index contributed by atoms with van der Waals surface area (Å²) in [4.78, 5) is 11.7. The lowest BCUT2D eigenvalue weighted by molar-refractivity contribution is -0.118. The van der Waals surface area contributed by atoms with Crippen molar-refractivity contribution in [2.75, 3.05) is 0 Å². The molecule has 0 aromatic heterocycles. The summed E-state index contributed by atoms with van der Waals surface area (Å²) in [5, 5.41) is 10.9. The largest absolute Gasteiger partial charge is 0.379 e. The summed E-state index contributed by atoms with van der Waals surface area (Å²) in [6.45, 7) is 1.93. The van der Waals surface area contributed by atoms with Crippen molar-refractivity contribution < 1.29 is 17.4 Å². The van der Waals surface area contributed by atoms with Crippen molar-refractivity contribution in [2.24, 2.45) is 10.2 Å². The molecule has 2 aromatic rings. The van der Waals surface area contributed by atoms with E-state index in [9.17, 15) is 13.2 Å². The van der Waals surface area contributed by atoms with Crippen LogP contribution in [0.15, 0.2) is 68.1 Å². The van der Waals surface area contributed by atoms with Gasteiger partial charge in [-0.3, -0.25) is 4.79 Å². The fourth-order valence-corrected chi connectivity index (χ4v) is 4.33. The summed E-state index contributed by atoms with van der Waals surface area (Å²) in [5.74, 6) is 0.0871. The molecular formula is C18H16BrN3O4S2. The van der Waals surface area contributed by atoms with Crippen LogP contribution < -0.4 is 9.50 Å². The summed E-state index contributed by atoms with van der Waals surface area (Å²) in [7, 11) is -3.94. The van der Waals surface area contributed by atoms with Crippen LogP contribution >= 0.6 is 27.7 Å². The number of hydrogen-bond donors (Lipinski definition) is 1. The average molecular weight is 482 g/mol. The second kappa shape index (κ2) is 8.89. The maximum absolute atomic E-state index is 12.4. The van der Waals surface area contributed by atoms with Gasteiger partial charge in [0.2, 0.25) is 5.91 Å². The quantitative estimate of drug-likeness (QED) is 0.386. The average Bonchev–Trinajstić information content (AvgIpc) is 3.02. The number of rotatable bonds is 6. The van der Waals surface area contributed by atoms with Gasteiger partial charge in [-0.2, -0.15) is 13.5 Å². The number of benzene rings is 2. The molecule has 0 spiro atoms. The van der Waals surface area contributed by atoms with E-state index >= 15 is 0 Å². The van der Waals surface area contributed by atoms with Crippen molar-refractivity contribution in [3.63, 3.8) is 0 Å². The highest BCUT2D eigenvalue weighted by atomic mass is 79.9. The Bertz CT molecular complexity index is 1040. The maximum atomic E-state index is 12.4. The number of carbonyl (C=O) groups excluding carboxylic acids is 1. The first-order valence-electron chi connectivity index (χ1n) is 8.26. The zero-order valence-corrected chi connectivity index (χ0v) is 17.9. The molecule has 0 aliphatic carbocycles. The van der Waals surface area contributed by atoms with E-state index < -0.39 is 10.1 Å². The number of nitrogens with zero attached hydrogens (tertiary/aromatic N) is 2. The molecule has 1 saturated heterocycles. The maximum Gasteiger partial charge on any atom is 0.339 e. The minimum atomic E-state index is -3.94. The lowest BCUT2D eigenvalue weighted by Crippen LogP contribution is -2.24. The molecule has 1 fully saturated rings. The Hall–Kier alpha value is -2.17. The third-order valence-corrected chi connectivity index (χ3v) is 6.70. The Morgan fingerprint density at radius 1 is 1.25 bits per heavy atom. The predicted octanol–water partition coefficient (Wildman–Crippen LogP) is 3.55. The fourth-order valence-electron chi connectivity index (χ4n) is 2.29. The van der Waals surface area contributed by atoms with E-state index in [0.29, 0.717) is 17.2 Å². The SMILES string of the molecule is CC[C@H]1S/C(=N\N=C/c2cccc(OS(=O)(=O)c3ccc(Br)cc3)c2)NC1=O. The molecule has 1 N–H and O–H groups in total. The van der Waals surface area contributed by atoms with Gasteiger partial charge < -0.3 is 9.50 Å². The number of halogens is 1. The second-order valence-corrected chi connectivity index (χ2v) is 9.37. The fraction of sp³-hybridized carbons (Fsp3) is 0.167. The van der Waals surface area contributed by atoms with Gasteiger partial charge in [-0.1, -0.05) is 46.7 Å². The molecule has 146 valence electrons. The number of nitrogens with one attached hydrogen (secondary N) is 1. The molecule has 1 atom stereocenters. The van der Waals surface area contributed by atoms with Crippen LogP contribution in [-0.4, -0.2) is 31.0 Å². The molecule has 1 heterocycles. The summed E-state index contributed by atoms with van der Waals surface area (Å²) >= 11 is 4.59. The number of thioether (sulfide) groups is 1. The normalized spacial score (nSPS) is 18.6. The summed E-state index contributed by atoms with van der Waals surface area (Å²) < 4.78 is 30.7. The van der Waals surface area contributed by atoms with Gasteiger partial charge in [0.1, 0.15) is 10.6 Å². The second-order valence-electron chi connectivity index (χ2n) is 5.72. The molecule has 0 unspecified atom stereocenters. The smallest absolute Gasteiger partial charge is 0.339 e. The third-order valence-electron chi connectivity index (χ3n) is 3.67. The molecule has 3 rings (SSSR count). The molecule has 2 aromatic carbocycles. The van der Waals surface area contributed by atoms with Crippen LogP contribution in [0.3, 0.4) is 0 Å². The Morgan fingerprint density at radius 3 is 2.68 bits per heavy atom. The van der Waals surface area contributed by atoms with Gasteiger partial charge in [-0.25, -0.2) is 0 Å². The van der Waals surface area contributed by atoms with E-state index in [2.05, 4.69) is 31.4 Å². The Kier molecular flexibility index (Phi) is 6.53. The summed E-state index contributed by atoms with van der Waals surface area (Å²) in [6.07, 6.45) is 2.17. The van der Waals surface area contributed by atoms with Gasteiger partial charge in [0.25, 0.3) is 0 Å². The van der Waals surface area contributed by atoms with Crippen LogP contribution in [0.4, 0.5) is 0 Å². The highest BCUT2D eigenvalue weighted by molar-refractivity contribution is 9.10. The van der Waals surface area contributed by atoms with Crippen molar-refractivity contribution in [3.05, 3.63) is 58.6 Å². The minimum absolute atomic E-state index is 0.0562. The molecular weight excluding hydrogens is 466 g/mol. The van der Waals surface area contributed by atoms with Crippen molar-refractivity contribution in [1.82, 2.24) is 5.32 Å². The number of carbonyl (C=O) groups is 1. The topological polar surface area (TPSA) is 97.2 Å². The predicted molar refractivity (Wildman–Crippen MR) is 113 cm³/mol. The Balaban J connectivity index is 1.70. The molecule has 0 radical (unpaired) electrons. The van der Waals surface area contributed by atoms with Crippen molar-refractivity contribution in [2.45, 2.75) is 23.5 Å². The van der Waals surface area contributed by atoms with Crippen LogP contribution in [0, 0.1) is 0 Å². The van der Waals surface area contributed by atoms with Crippen molar-refractivity contribution >= 4 is 55.1 Å². The first-order chi connectivity index (χ1) is 13.4. The molecule has 28 heavy (non-hydrogen) atoms. The van der Waals surface area contributed by atoms with Crippen LogP contribution in [0.1, 0.15) is 18.9 Å². The van der Waals surface area contributed by atoms with Crippen LogP contribution in [-0.2, 0) is 14.9 Å². The van der Waals surface area contributed by atoms with E-state index in [-0.39, 0.29) is 21.8 Å². The molecule has 7 nitrogen and oxygen atoms in total. The van der Waals surface area contributed by atoms with Gasteiger partial charge in [0, 0.05) is 4.47 Å². The van der Waals surface area contributed by atoms with Gasteiger partial charge in [0.05, 0.1) is 11.5 Å². The minimum Gasteiger partial charge on any atom is -0.379 e. The number of hydrogen-bond acceptors (Lipinski definition) is 7. The summed E-state index contributed by atoms with van der Waals surface area (Å²) in [5.41, 5.74) is 0.606. The zero-order chi connectivity index (χ0) is 20.1. The summed E-state index contributed by atoms with van der Waals surface area (Å²) in [6, 6.07) is 12.6. The van der Waals surface area contributed by atoms with Crippen molar-refractivity contribution in [1.29, 1.82) is 0 Å². The standard InChI is InChI=1S/C18H16BrN3O4S2/c1-2-16-17(23)21-18(27-16)22-20-11-12-4-3-5-14(10-12)26-28(24,25)15-8-6-13(19)7-9-15/h3-11,16H,2H2,1H3,(H,21,22,23)/b20-11-/t16-/m1/s1. The zero-order valence-electron chi connectivity index (χ0n) is 14.7. The molecule has 1 aliphatic rings. The highest BCUT2D eigenvalue weighted by Crippen LogP contribution is 2.22. The van der Waals surface area contributed by atoms with E-state index in [1.165, 1.54) is 36.2 Å². The van der Waals surface area contributed by atoms with Gasteiger partial charge in [-0.15, -0.1) is 5.10 Å². The first kappa shape index (κ1) is 20.6. The van der Waals surface area contributed by atoms with Crippen LogP contribution in [0.25, 0.3) is 0 Å². The third kappa shape index (κ3) is 5.21. The van der Waals surface area contributed by atoms with Gasteiger partial charge >= 0.3 is 10.1 Å². The van der Waals surface area contributed by atoms with E-state index in [4.69, 9.17) is 4.18 Å². The van der Waals surface area contributed by atoms with E-state index in [1.807, 2.05) is 6.92 Å².